The predicted molar refractivity (Wildman–Crippen MR) is 74.3 cm³/mol. The van der Waals surface area contributed by atoms with E-state index in [4.69, 9.17) is 26.5 Å². The van der Waals surface area contributed by atoms with Gasteiger partial charge in [-0.15, -0.1) is 0 Å². The maximum absolute atomic E-state index is 11.5. The second-order valence-corrected chi connectivity index (χ2v) is 4.48. The SMILES string of the molecule is COC(=O)c1ccoc1COc1ccc(Cl)cc1C(N)=O. The minimum Gasteiger partial charge on any atom is -0.485 e. The van der Waals surface area contributed by atoms with Crippen molar-refractivity contribution in [1.82, 2.24) is 0 Å². The van der Waals surface area contributed by atoms with Crippen molar-refractivity contribution in [2.24, 2.45) is 5.73 Å². The lowest BCUT2D eigenvalue weighted by molar-refractivity contribution is 0.0595. The van der Waals surface area contributed by atoms with Crippen LogP contribution in [0.4, 0.5) is 0 Å². The maximum atomic E-state index is 11.5. The van der Waals surface area contributed by atoms with Gasteiger partial charge < -0.3 is 19.6 Å². The van der Waals surface area contributed by atoms with Crippen molar-refractivity contribution in [3.05, 3.63) is 52.4 Å². The number of hydrogen-bond donors (Lipinski definition) is 1. The molecular weight excluding hydrogens is 298 g/mol. The molecule has 0 fully saturated rings. The van der Waals surface area contributed by atoms with Gasteiger partial charge in [0, 0.05) is 5.02 Å². The Labute approximate surface area is 125 Å². The Morgan fingerprint density at radius 3 is 2.71 bits per heavy atom. The van der Waals surface area contributed by atoms with Crippen LogP contribution in [0.1, 0.15) is 26.5 Å². The van der Waals surface area contributed by atoms with Crippen LogP contribution in [0.2, 0.25) is 5.02 Å². The first kappa shape index (κ1) is 14.9. The van der Waals surface area contributed by atoms with E-state index in [0.29, 0.717) is 5.02 Å². The lowest BCUT2D eigenvalue weighted by Crippen LogP contribution is -2.13. The van der Waals surface area contributed by atoms with Gasteiger partial charge in [0.15, 0.2) is 5.76 Å². The summed E-state index contributed by atoms with van der Waals surface area (Å²) in [6.07, 6.45) is 1.35. The van der Waals surface area contributed by atoms with Crippen LogP contribution in [0.25, 0.3) is 0 Å². The zero-order valence-electron chi connectivity index (χ0n) is 11.1. The Bertz CT molecular complexity index is 680. The fourth-order valence-electron chi connectivity index (χ4n) is 1.71. The highest BCUT2D eigenvalue weighted by atomic mass is 35.5. The van der Waals surface area contributed by atoms with Crippen molar-refractivity contribution in [3.8, 4) is 5.75 Å². The average Bonchev–Trinajstić information content (AvgIpc) is 2.93. The van der Waals surface area contributed by atoms with Gasteiger partial charge in [0.2, 0.25) is 0 Å². The second kappa shape index (κ2) is 6.32. The molecule has 0 aliphatic carbocycles. The van der Waals surface area contributed by atoms with Crippen molar-refractivity contribution in [3.63, 3.8) is 0 Å². The number of ether oxygens (including phenoxy) is 2. The predicted octanol–water partition coefficient (Wildman–Crippen LogP) is 2.40. The molecule has 0 spiro atoms. The van der Waals surface area contributed by atoms with Crippen molar-refractivity contribution in [2.75, 3.05) is 7.11 Å². The summed E-state index contributed by atoms with van der Waals surface area (Å²) in [5.74, 6) is -0.667. The summed E-state index contributed by atoms with van der Waals surface area (Å²) < 4.78 is 15.3. The summed E-state index contributed by atoms with van der Waals surface area (Å²) in [7, 11) is 1.27. The molecular formula is C14H12ClNO5. The third kappa shape index (κ3) is 3.35. The van der Waals surface area contributed by atoms with Gasteiger partial charge in [-0.05, 0) is 24.3 Å². The number of primary amides is 1. The Morgan fingerprint density at radius 2 is 2.05 bits per heavy atom. The first-order valence-electron chi connectivity index (χ1n) is 5.89. The van der Waals surface area contributed by atoms with Crippen LogP contribution in [0.15, 0.2) is 34.9 Å². The standard InChI is InChI=1S/C14H12ClNO5/c1-19-14(18)9-4-5-20-12(9)7-21-11-3-2-8(15)6-10(11)13(16)17/h2-6H,7H2,1H3,(H2,16,17). The highest BCUT2D eigenvalue weighted by Crippen LogP contribution is 2.24. The second-order valence-electron chi connectivity index (χ2n) is 4.04. The molecule has 0 bridgehead atoms. The normalized spacial score (nSPS) is 10.2. The Hall–Kier alpha value is -2.47. The van der Waals surface area contributed by atoms with Crippen LogP contribution in [-0.4, -0.2) is 19.0 Å². The largest absolute Gasteiger partial charge is 0.485 e. The highest BCUT2D eigenvalue weighted by Gasteiger charge is 2.17. The number of carbonyl (C=O) groups is 2. The van der Waals surface area contributed by atoms with Gasteiger partial charge in [-0.1, -0.05) is 11.6 Å². The highest BCUT2D eigenvalue weighted by molar-refractivity contribution is 6.31. The molecule has 0 aliphatic rings. The molecule has 0 saturated carbocycles. The third-order valence-corrected chi connectivity index (χ3v) is 2.95. The molecule has 0 radical (unpaired) electrons. The van der Waals surface area contributed by atoms with Gasteiger partial charge in [-0.2, -0.15) is 0 Å². The summed E-state index contributed by atoms with van der Waals surface area (Å²) in [5.41, 5.74) is 5.66. The van der Waals surface area contributed by atoms with Gasteiger partial charge >= 0.3 is 5.97 Å². The van der Waals surface area contributed by atoms with E-state index in [2.05, 4.69) is 4.74 Å². The van der Waals surface area contributed by atoms with Crippen LogP contribution >= 0.6 is 11.6 Å². The first-order valence-corrected chi connectivity index (χ1v) is 6.27. The number of halogens is 1. The zero-order chi connectivity index (χ0) is 15.4. The zero-order valence-corrected chi connectivity index (χ0v) is 11.8. The topological polar surface area (TPSA) is 91.8 Å². The Morgan fingerprint density at radius 1 is 1.29 bits per heavy atom. The Kier molecular flexibility index (Phi) is 4.49. The van der Waals surface area contributed by atoms with Gasteiger partial charge in [-0.3, -0.25) is 4.79 Å². The van der Waals surface area contributed by atoms with E-state index in [1.807, 2.05) is 0 Å². The molecule has 2 aromatic rings. The lowest BCUT2D eigenvalue weighted by atomic mass is 10.2. The molecule has 2 N–H and O–H groups in total. The third-order valence-electron chi connectivity index (χ3n) is 2.72. The number of esters is 1. The maximum Gasteiger partial charge on any atom is 0.341 e. The fraction of sp³-hybridized carbons (Fsp3) is 0.143. The number of benzene rings is 1. The molecule has 21 heavy (non-hydrogen) atoms. The van der Waals surface area contributed by atoms with E-state index in [1.165, 1.54) is 31.6 Å². The van der Waals surface area contributed by atoms with E-state index < -0.39 is 11.9 Å². The van der Waals surface area contributed by atoms with Crippen LogP contribution in [0, 0.1) is 0 Å². The molecule has 1 amide bonds. The van der Waals surface area contributed by atoms with Crippen molar-refractivity contribution in [1.29, 1.82) is 0 Å². The van der Waals surface area contributed by atoms with Gasteiger partial charge in [0.05, 0.1) is 18.9 Å². The summed E-state index contributed by atoms with van der Waals surface area (Å²) in [5, 5.41) is 0.365. The fourth-order valence-corrected chi connectivity index (χ4v) is 1.88. The van der Waals surface area contributed by atoms with Gasteiger partial charge in [-0.25, -0.2) is 4.79 Å². The molecule has 1 heterocycles. The molecule has 0 saturated heterocycles. The monoisotopic (exact) mass is 309 g/mol. The smallest absolute Gasteiger partial charge is 0.341 e. The average molecular weight is 310 g/mol. The van der Waals surface area contributed by atoms with E-state index in [9.17, 15) is 9.59 Å². The van der Waals surface area contributed by atoms with Crippen LogP contribution < -0.4 is 10.5 Å². The van der Waals surface area contributed by atoms with Crippen molar-refractivity contribution >= 4 is 23.5 Å². The molecule has 2 rings (SSSR count). The minimum atomic E-state index is -0.667. The number of methoxy groups -OCH3 is 1. The van der Waals surface area contributed by atoms with Gasteiger partial charge in [0.25, 0.3) is 5.91 Å². The summed E-state index contributed by atoms with van der Waals surface area (Å²) in [6.45, 7) is -0.0562. The minimum absolute atomic E-state index is 0.0562. The Balaban J connectivity index is 2.19. The van der Waals surface area contributed by atoms with Crippen LogP contribution in [-0.2, 0) is 11.3 Å². The number of carbonyl (C=O) groups excluding carboxylic acids is 2. The molecule has 0 aliphatic heterocycles. The van der Waals surface area contributed by atoms with E-state index in [1.54, 1.807) is 6.07 Å². The number of hydrogen-bond acceptors (Lipinski definition) is 5. The summed E-state index contributed by atoms with van der Waals surface area (Å²) in [6, 6.07) is 5.96. The van der Waals surface area contributed by atoms with E-state index >= 15 is 0 Å². The summed E-state index contributed by atoms with van der Waals surface area (Å²) >= 11 is 5.80. The molecule has 110 valence electrons. The number of rotatable bonds is 5. The lowest BCUT2D eigenvalue weighted by Gasteiger charge is -2.09. The van der Waals surface area contributed by atoms with E-state index in [0.717, 1.165) is 0 Å². The van der Waals surface area contributed by atoms with Gasteiger partial charge in [0.1, 0.15) is 17.9 Å². The molecule has 1 aromatic carbocycles. The first-order chi connectivity index (χ1) is 10.0. The van der Waals surface area contributed by atoms with Crippen LogP contribution in [0.3, 0.4) is 0 Å². The van der Waals surface area contributed by atoms with Crippen molar-refractivity contribution < 1.29 is 23.5 Å². The number of nitrogens with two attached hydrogens (primary N) is 1. The van der Waals surface area contributed by atoms with E-state index in [-0.39, 0.29) is 29.2 Å². The number of amides is 1. The van der Waals surface area contributed by atoms with Crippen LogP contribution in [0.5, 0.6) is 5.75 Å². The molecule has 6 nitrogen and oxygen atoms in total. The molecule has 7 heteroatoms. The molecule has 0 unspecified atom stereocenters. The quantitative estimate of drug-likeness (QED) is 0.856. The molecule has 0 atom stereocenters. The summed E-state index contributed by atoms with van der Waals surface area (Å²) in [4.78, 5) is 22.8. The number of furan rings is 1. The van der Waals surface area contributed by atoms with Crippen molar-refractivity contribution in [2.45, 2.75) is 6.61 Å². The molecule has 1 aromatic heterocycles.